The summed E-state index contributed by atoms with van der Waals surface area (Å²) in [6, 6.07) is 8.94. The molecule has 1 amide bonds. The lowest BCUT2D eigenvalue weighted by molar-refractivity contribution is -0.123. The Hall–Kier alpha value is -2.27. The zero-order valence-electron chi connectivity index (χ0n) is 13.2. The molecule has 0 spiro atoms. The van der Waals surface area contributed by atoms with Crippen LogP contribution < -0.4 is 20.1 Å². The van der Waals surface area contributed by atoms with Gasteiger partial charge in [-0.3, -0.25) is 9.78 Å². The second-order valence-corrected chi connectivity index (χ2v) is 5.85. The highest BCUT2D eigenvalue weighted by Gasteiger charge is 2.17. The Morgan fingerprint density at radius 2 is 2.04 bits per heavy atom. The Labute approximate surface area is 140 Å². The molecule has 2 rings (SSSR count). The molecule has 24 heavy (non-hydrogen) atoms. The van der Waals surface area contributed by atoms with E-state index in [4.69, 9.17) is 9.47 Å². The number of benzene rings is 1. The molecule has 1 aromatic heterocycles. The van der Waals surface area contributed by atoms with Crippen molar-refractivity contribution in [1.29, 1.82) is 0 Å². The van der Waals surface area contributed by atoms with Crippen LogP contribution in [0.25, 0.3) is 0 Å². The highest BCUT2D eigenvalue weighted by molar-refractivity contribution is 7.55. The zero-order valence-corrected chi connectivity index (χ0v) is 14.1. The van der Waals surface area contributed by atoms with E-state index in [2.05, 4.69) is 10.3 Å². The van der Waals surface area contributed by atoms with Gasteiger partial charge >= 0.3 is 8.54 Å². The van der Waals surface area contributed by atoms with E-state index in [0.717, 1.165) is 0 Å². The first kappa shape index (κ1) is 18.1. The number of pyridine rings is 1. The molecule has 0 saturated heterocycles. The van der Waals surface area contributed by atoms with Crippen LogP contribution in [0.15, 0.2) is 42.6 Å². The van der Waals surface area contributed by atoms with Gasteiger partial charge in [0.15, 0.2) is 6.61 Å². The van der Waals surface area contributed by atoms with Crippen LogP contribution in [0, 0.1) is 0 Å². The van der Waals surface area contributed by atoms with Crippen molar-refractivity contribution >= 4 is 19.8 Å². The summed E-state index contributed by atoms with van der Waals surface area (Å²) in [5, 5.41) is 2.53. The number of nitrogens with zero attached hydrogens (tertiary/aromatic N) is 1. The second kappa shape index (κ2) is 8.55. The number of para-hydroxylation sites is 1. The number of ether oxygens (including phenoxy) is 2. The Morgan fingerprint density at radius 1 is 1.29 bits per heavy atom. The van der Waals surface area contributed by atoms with Gasteiger partial charge in [-0.2, -0.15) is 8.39 Å². The molecule has 1 N–H and O–H groups in total. The molecule has 0 aliphatic rings. The number of rotatable bonds is 7. The SMILES string of the molecule is COc1ccc(C(C)NC(=O)COc2ccccc2P(F)F)nc1. The largest absolute Gasteiger partial charge is 0.495 e. The number of nitrogens with one attached hydrogen (secondary N) is 1. The number of methoxy groups -OCH3 is 1. The number of carbonyl (C=O) groups excluding carboxylic acids is 1. The average Bonchev–Trinajstić information content (AvgIpc) is 2.60. The highest BCUT2D eigenvalue weighted by Crippen LogP contribution is 2.40. The third-order valence-electron chi connectivity index (χ3n) is 3.22. The van der Waals surface area contributed by atoms with Crippen molar-refractivity contribution < 1.29 is 22.7 Å². The molecule has 0 aliphatic heterocycles. The van der Waals surface area contributed by atoms with Crippen molar-refractivity contribution in [1.82, 2.24) is 10.3 Å². The van der Waals surface area contributed by atoms with Crippen LogP contribution in [-0.4, -0.2) is 24.6 Å². The summed E-state index contributed by atoms with van der Waals surface area (Å²) in [6.07, 6.45) is 1.55. The van der Waals surface area contributed by atoms with E-state index in [0.29, 0.717) is 11.4 Å². The molecule has 0 aliphatic carbocycles. The first-order valence-electron chi connectivity index (χ1n) is 7.14. The lowest BCUT2D eigenvalue weighted by Crippen LogP contribution is -2.32. The summed E-state index contributed by atoms with van der Waals surface area (Å²) in [6.45, 7) is 1.42. The van der Waals surface area contributed by atoms with Crippen molar-refractivity contribution in [3.8, 4) is 11.5 Å². The molecule has 128 valence electrons. The Balaban J connectivity index is 1.91. The first-order valence-corrected chi connectivity index (χ1v) is 8.26. The molecule has 8 heteroatoms. The standard InChI is InChI=1S/C16H17F2N2O3P/c1-11(13-8-7-12(22-2)9-19-13)20-16(21)10-23-14-5-3-4-6-15(14)24(17)18/h3-9,11H,10H2,1-2H3,(H,20,21). The third kappa shape index (κ3) is 4.86. The summed E-state index contributed by atoms with van der Waals surface area (Å²) in [5.74, 6) is 0.224. The highest BCUT2D eigenvalue weighted by atomic mass is 31.2. The molecule has 0 fully saturated rings. The number of aromatic nitrogens is 1. The van der Waals surface area contributed by atoms with E-state index in [1.54, 1.807) is 31.3 Å². The zero-order chi connectivity index (χ0) is 17.5. The van der Waals surface area contributed by atoms with Crippen molar-refractivity contribution in [2.45, 2.75) is 13.0 Å². The number of amides is 1. The van der Waals surface area contributed by atoms with E-state index >= 15 is 0 Å². The number of halogens is 2. The summed E-state index contributed by atoms with van der Waals surface area (Å²) in [7, 11) is -1.74. The quantitative estimate of drug-likeness (QED) is 0.776. The van der Waals surface area contributed by atoms with E-state index < -0.39 is 14.5 Å². The van der Waals surface area contributed by atoms with Gasteiger partial charge in [0.25, 0.3) is 5.91 Å². The van der Waals surface area contributed by atoms with Crippen LogP contribution in [0.2, 0.25) is 0 Å². The van der Waals surface area contributed by atoms with E-state index in [9.17, 15) is 13.2 Å². The molecule has 2 aromatic rings. The molecule has 1 unspecified atom stereocenters. The van der Waals surface area contributed by atoms with Gasteiger partial charge < -0.3 is 14.8 Å². The van der Waals surface area contributed by atoms with Crippen LogP contribution in [0.4, 0.5) is 8.39 Å². The second-order valence-electron chi connectivity index (χ2n) is 4.90. The van der Waals surface area contributed by atoms with E-state index in [1.807, 2.05) is 0 Å². The van der Waals surface area contributed by atoms with Crippen molar-refractivity contribution in [2.24, 2.45) is 0 Å². The van der Waals surface area contributed by atoms with Crippen LogP contribution in [-0.2, 0) is 4.79 Å². The molecular weight excluding hydrogens is 337 g/mol. The topological polar surface area (TPSA) is 60.5 Å². The number of hydrogen-bond donors (Lipinski definition) is 1. The predicted octanol–water partition coefficient (Wildman–Crippen LogP) is 3.22. The fourth-order valence-corrected chi connectivity index (χ4v) is 2.49. The maximum Gasteiger partial charge on any atom is 0.301 e. The van der Waals surface area contributed by atoms with Crippen LogP contribution in [0.3, 0.4) is 0 Å². The summed E-state index contributed by atoms with van der Waals surface area (Å²) in [5.41, 5.74) is 0.653. The minimum Gasteiger partial charge on any atom is -0.495 e. The maximum absolute atomic E-state index is 12.9. The monoisotopic (exact) mass is 354 g/mol. The van der Waals surface area contributed by atoms with E-state index in [1.165, 1.54) is 25.3 Å². The molecular formula is C16H17F2N2O3P. The van der Waals surface area contributed by atoms with Gasteiger partial charge in [-0.25, -0.2) is 0 Å². The van der Waals surface area contributed by atoms with Gasteiger partial charge in [0, 0.05) is 0 Å². The molecule has 1 heterocycles. The fraction of sp³-hybridized carbons (Fsp3) is 0.250. The van der Waals surface area contributed by atoms with Gasteiger partial charge in [-0.15, -0.1) is 0 Å². The predicted molar refractivity (Wildman–Crippen MR) is 88.1 cm³/mol. The van der Waals surface area contributed by atoms with Gasteiger partial charge in [0.05, 0.1) is 30.3 Å². The smallest absolute Gasteiger partial charge is 0.301 e. The van der Waals surface area contributed by atoms with E-state index in [-0.39, 0.29) is 23.7 Å². The number of carbonyl (C=O) groups is 1. The molecule has 5 nitrogen and oxygen atoms in total. The lowest BCUT2D eigenvalue weighted by Gasteiger charge is -2.15. The molecule has 0 saturated carbocycles. The maximum atomic E-state index is 12.9. The van der Waals surface area contributed by atoms with Gasteiger partial charge in [0.1, 0.15) is 11.5 Å². The molecule has 0 bridgehead atoms. The van der Waals surface area contributed by atoms with Gasteiger partial charge in [0.2, 0.25) is 0 Å². The lowest BCUT2D eigenvalue weighted by atomic mass is 10.2. The fourth-order valence-electron chi connectivity index (χ4n) is 1.99. The average molecular weight is 354 g/mol. The number of hydrogen-bond acceptors (Lipinski definition) is 4. The molecule has 1 aromatic carbocycles. The Kier molecular flexibility index (Phi) is 6.44. The van der Waals surface area contributed by atoms with Gasteiger partial charge in [-0.05, 0) is 31.2 Å². The molecule has 0 radical (unpaired) electrons. The van der Waals surface area contributed by atoms with Crippen LogP contribution >= 0.6 is 8.54 Å². The Morgan fingerprint density at radius 3 is 2.67 bits per heavy atom. The normalized spacial score (nSPS) is 11.9. The Bertz CT molecular complexity index is 683. The minimum atomic E-state index is -3.28. The molecule has 1 atom stereocenters. The third-order valence-corrected chi connectivity index (χ3v) is 3.96. The van der Waals surface area contributed by atoms with Crippen molar-refractivity contribution in [2.75, 3.05) is 13.7 Å². The van der Waals surface area contributed by atoms with Crippen molar-refractivity contribution in [3.63, 3.8) is 0 Å². The summed E-state index contributed by atoms with van der Waals surface area (Å²) >= 11 is 0. The summed E-state index contributed by atoms with van der Waals surface area (Å²) < 4.78 is 36.1. The minimum absolute atomic E-state index is 0.0268. The van der Waals surface area contributed by atoms with Crippen molar-refractivity contribution in [3.05, 3.63) is 48.3 Å². The van der Waals surface area contributed by atoms with Crippen LogP contribution in [0.1, 0.15) is 18.7 Å². The first-order chi connectivity index (χ1) is 11.5. The summed E-state index contributed by atoms with van der Waals surface area (Å²) in [4.78, 5) is 16.1. The van der Waals surface area contributed by atoms with Gasteiger partial charge in [-0.1, -0.05) is 12.1 Å². The van der Waals surface area contributed by atoms with Crippen LogP contribution in [0.5, 0.6) is 11.5 Å².